The van der Waals surface area contributed by atoms with Gasteiger partial charge in [0.05, 0.1) is 0 Å². The molecule has 88 valence electrons. The second-order valence-corrected chi connectivity index (χ2v) is 4.53. The van der Waals surface area contributed by atoms with E-state index in [9.17, 15) is 4.79 Å². The molecule has 1 rings (SSSR count). The van der Waals surface area contributed by atoms with Crippen LogP contribution >= 0.6 is 15.9 Å². The highest BCUT2D eigenvalue weighted by molar-refractivity contribution is 9.09. The summed E-state index contributed by atoms with van der Waals surface area (Å²) in [5, 5.41) is 0.880. The second kappa shape index (κ2) is 7.23. The normalized spacial score (nSPS) is 22.5. The Bertz CT molecular complexity index is 199. The van der Waals surface area contributed by atoms with Gasteiger partial charge in [-0.15, -0.1) is 0 Å². The zero-order valence-corrected chi connectivity index (χ0v) is 11.0. The first-order chi connectivity index (χ1) is 7.29. The third-order valence-electron chi connectivity index (χ3n) is 2.81. The predicted molar refractivity (Wildman–Crippen MR) is 64.3 cm³/mol. The topological polar surface area (TPSA) is 29.5 Å². The standard InChI is InChI=1S/C11H20BrNO2/c1-2-15-9-11(14)13-7-5-3-4-6-10(13)8-12/h10H,2-9H2,1H3. The average Bonchev–Trinajstić information content (AvgIpc) is 2.50. The van der Waals surface area contributed by atoms with E-state index in [1.165, 1.54) is 12.8 Å². The summed E-state index contributed by atoms with van der Waals surface area (Å²) < 4.78 is 5.18. The van der Waals surface area contributed by atoms with E-state index in [4.69, 9.17) is 4.74 Å². The van der Waals surface area contributed by atoms with Gasteiger partial charge in [0.1, 0.15) is 6.61 Å². The number of hydrogen-bond acceptors (Lipinski definition) is 2. The Morgan fingerprint density at radius 3 is 2.93 bits per heavy atom. The van der Waals surface area contributed by atoms with Crippen molar-refractivity contribution in [2.24, 2.45) is 0 Å². The van der Waals surface area contributed by atoms with E-state index in [1.54, 1.807) is 0 Å². The SMILES string of the molecule is CCOCC(=O)N1CCCCCC1CBr. The second-order valence-electron chi connectivity index (χ2n) is 3.88. The van der Waals surface area contributed by atoms with Crippen molar-refractivity contribution in [3.63, 3.8) is 0 Å². The number of hydrogen-bond donors (Lipinski definition) is 0. The number of carbonyl (C=O) groups is 1. The maximum atomic E-state index is 11.9. The van der Waals surface area contributed by atoms with Gasteiger partial charge in [0.25, 0.3) is 0 Å². The van der Waals surface area contributed by atoms with E-state index in [1.807, 2.05) is 11.8 Å². The quantitative estimate of drug-likeness (QED) is 0.738. The van der Waals surface area contributed by atoms with Gasteiger partial charge in [-0.05, 0) is 19.8 Å². The van der Waals surface area contributed by atoms with Crippen LogP contribution in [0.3, 0.4) is 0 Å². The summed E-state index contributed by atoms with van der Waals surface area (Å²) in [6.45, 7) is 3.65. The van der Waals surface area contributed by atoms with Crippen LogP contribution in [0.5, 0.6) is 0 Å². The molecule has 4 heteroatoms. The minimum absolute atomic E-state index is 0.142. The van der Waals surface area contributed by atoms with Crippen LogP contribution in [0.25, 0.3) is 0 Å². The van der Waals surface area contributed by atoms with Crippen molar-refractivity contribution in [2.45, 2.75) is 38.6 Å². The summed E-state index contributed by atoms with van der Waals surface area (Å²) in [6, 6.07) is 0.362. The number of ether oxygens (including phenoxy) is 1. The molecule has 1 heterocycles. The lowest BCUT2D eigenvalue weighted by atomic mass is 10.1. The van der Waals surface area contributed by atoms with E-state index >= 15 is 0 Å². The summed E-state index contributed by atoms with van der Waals surface area (Å²) in [4.78, 5) is 13.8. The largest absolute Gasteiger partial charge is 0.372 e. The summed E-state index contributed by atoms with van der Waals surface area (Å²) >= 11 is 3.49. The van der Waals surface area contributed by atoms with Crippen molar-refractivity contribution < 1.29 is 9.53 Å². The molecule has 0 saturated carbocycles. The summed E-state index contributed by atoms with van der Waals surface area (Å²) in [7, 11) is 0. The van der Waals surface area contributed by atoms with E-state index < -0.39 is 0 Å². The third-order valence-corrected chi connectivity index (χ3v) is 3.55. The number of likely N-dealkylation sites (tertiary alicyclic amines) is 1. The first-order valence-electron chi connectivity index (χ1n) is 5.72. The minimum Gasteiger partial charge on any atom is -0.372 e. The lowest BCUT2D eigenvalue weighted by Crippen LogP contribution is -2.42. The molecule has 1 aliphatic rings. The number of amides is 1. The number of halogens is 1. The van der Waals surface area contributed by atoms with Gasteiger partial charge >= 0.3 is 0 Å². The average molecular weight is 278 g/mol. The Kier molecular flexibility index (Phi) is 6.25. The Balaban J connectivity index is 2.49. The summed E-state index contributed by atoms with van der Waals surface area (Å²) in [5.74, 6) is 0.142. The molecule has 0 N–H and O–H groups in total. The van der Waals surface area contributed by atoms with Gasteiger partial charge in [-0.3, -0.25) is 4.79 Å². The van der Waals surface area contributed by atoms with Gasteiger partial charge in [-0.25, -0.2) is 0 Å². The molecular formula is C11H20BrNO2. The monoisotopic (exact) mass is 277 g/mol. The molecule has 1 fully saturated rings. The molecule has 1 amide bonds. The zero-order valence-electron chi connectivity index (χ0n) is 9.38. The van der Waals surface area contributed by atoms with Crippen LogP contribution < -0.4 is 0 Å². The molecule has 0 radical (unpaired) electrons. The van der Waals surface area contributed by atoms with E-state index in [0.717, 1.165) is 24.7 Å². The van der Waals surface area contributed by atoms with Gasteiger partial charge in [0.15, 0.2) is 0 Å². The van der Waals surface area contributed by atoms with Crippen LogP contribution in [0.2, 0.25) is 0 Å². The van der Waals surface area contributed by atoms with Gasteiger partial charge in [0, 0.05) is 24.5 Å². The van der Waals surface area contributed by atoms with E-state index in [0.29, 0.717) is 12.6 Å². The molecule has 1 unspecified atom stereocenters. The van der Waals surface area contributed by atoms with Crippen LogP contribution in [-0.2, 0) is 9.53 Å². The number of nitrogens with zero attached hydrogens (tertiary/aromatic N) is 1. The van der Waals surface area contributed by atoms with Crippen LogP contribution in [0.1, 0.15) is 32.6 Å². The number of alkyl halides is 1. The van der Waals surface area contributed by atoms with E-state index in [2.05, 4.69) is 15.9 Å². The van der Waals surface area contributed by atoms with Crippen molar-refractivity contribution in [1.82, 2.24) is 4.90 Å². The molecule has 3 nitrogen and oxygen atoms in total. The van der Waals surface area contributed by atoms with Crippen molar-refractivity contribution in [2.75, 3.05) is 25.1 Å². The van der Waals surface area contributed by atoms with Gasteiger partial charge < -0.3 is 9.64 Å². The fourth-order valence-electron chi connectivity index (χ4n) is 1.94. The summed E-state index contributed by atoms with van der Waals surface area (Å²) in [6.07, 6.45) is 4.71. The number of rotatable bonds is 4. The maximum Gasteiger partial charge on any atom is 0.248 e. The first kappa shape index (κ1) is 13.0. The van der Waals surface area contributed by atoms with Crippen LogP contribution in [0.15, 0.2) is 0 Å². The molecule has 0 aromatic carbocycles. The van der Waals surface area contributed by atoms with Crippen LogP contribution in [0.4, 0.5) is 0 Å². The lowest BCUT2D eigenvalue weighted by Gasteiger charge is -2.28. The maximum absolute atomic E-state index is 11.9. The fourth-order valence-corrected chi connectivity index (χ4v) is 2.61. The minimum atomic E-state index is 0.142. The molecule has 1 aliphatic heterocycles. The molecule has 15 heavy (non-hydrogen) atoms. The van der Waals surface area contributed by atoms with Crippen molar-refractivity contribution in [3.8, 4) is 0 Å². The highest BCUT2D eigenvalue weighted by Gasteiger charge is 2.24. The lowest BCUT2D eigenvalue weighted by molar-refractivity contribution is -0.137. The first-order valence-corrected chi connectivity index (χ1v) is 6.85. The Hall–Kier alpha value is -0.0900. The van der Waals surface area contributed by atoms with Gasteiger partial charge in [-0.1, -0.05) is 28.8 Å². The van der Waals surface area contributed by atoms with Crippen molar-refractivity contribution in [1.29, 1.82) is 0 Å². The van der Waals surface area contributed by atoms with Gasteiger partial charge in [-0.2, -0.15) is 0 Å². The third kappa shape index (κ3) is 4.11. The van der Waals surface area contributed by atoms with Crippen molar-refractivity contribution >= 4 is 21.8 Å². The molecule has 0 bridgehead atoms. The molecule has 0 aromatic heterocycles. The van der Waals surface area contributed by atoms with Crippen molar-refractivity contribution in [3.05, 3.63) is 0 Å². The number of carbonyl (C=O) groups excluding carboxylic acids is 1. The van der Waals surface area contributed by atoms with E-state index in [-0.39, 0.29) is 12.5 Å². The molecule has 1 atom stereocenters. The smallest absolute Gasteiger partial charge is 0.248 e. The van der Waals surface area contributed by atoms with Gasteiger partial charge in [0.2, 0.25) is 5.91 Å². The molecular weight excluding hydrogens is 258 g/mol. The molecule has 0 aromatic rings. The predicted octanol–water partition coefficient (Wildman–Crippen LogP) is 2.19. The fraction of sp³-hybridized carbons (Fsp3) is 0.909. The zero-order chi connectivity index (χ0) is 11.1. The Morgan fingerprint density at radius 2 is 2.27 bits per heavy atom. The van der Waals surface area contributed by atoms with Crippen LogP contribution in [0, 0.1) is 0 Å². The Morgan fingerprint density at radius 1 is 1.47 bits per heavy atom. The summed E-state index contributed by atoms with van der Waals surface area (Å²) in [5.41, 5.74) is 0. The molecule has 0 spiro atoms. The molecule has 0 aliphatic carbocycles. The van der Waals surface area contributed by atoms with Crippen LogP contribution in [-0.4, -0.2) is 41.9 Å². The highest BCUT2D eigenvalue weighted by Crippen LogP contribution is 2.18. The molecule has 1 saturated heterocycles. The highest BCUT2D eigenvalue weighted by atomic mass is 79.9. The Labute approximate surface area is 100 Å².